The van der Waals surface area contributed by atoms with Crippen LogP contribution in [-0.2, 0) is 20.6 Å². The van der Waals surface area contributed by atoms with Crippen molar-refractivity contribution in [3.05, 3.63) is 12.7 Å². The molecule has 2 rings (SSSR count). The minimum Gasteiger partial charge on any atom is -0.382 e. The van der Waals surface area contributed by atoms with Gasteiger partial charge in [-0.25, -0.2) is 15.0 Å². The van der Waals surface area contributed by atoms with Crippen molar-refractivity contribution in [3.8, 4) is 0 Å². The first-order valence-corrected chi connectivity index (χ1v) is 7.07. The van der Waals surface area contributed by atoms with Crippen LogP contribution >= 0.6 is 8.46 Å². The Bertz CT molecular complexity index is 576. The molecule has 0 bridgehead atoms. The Kier molecular flexibility index (Phi) is 5.34. The third kappa shape index (κ3) is 3.47. The van der Waals surface area contributed by atoms with Crippen molar-refractivity contribution in [2.24, 2.45) is 0 Å². The standard InChI is InChI=1S/C11H16N5O3P/c1-18-5-8(19-2-3-20-17)4-16-7-15-9-10(12)13-6-14-11(9)16/h6-8H,2-5H2,1H3,(H2,12,13,14)/t8-/m0/s1. The predicted octanol–water partition coefficient (Wildman–Crippen LogP) is 0.732. The van der Waals surface area contributed by atoms with E-state index in [0.717, 1.165) is 0 Å². The second kappa shape index (κ2) is 7.23. The lowest BCUT2D eigenvalue weighted by atomic mass is 10.3. The highest BCUT2D eigenvalue weighted by atomic mass is 31.1. The van der Waals surface area contributed by atoms with Gasteiger partial charge in [0.2, 0.25) is 0 Å². The number of rotatable bonds is 8. The summed E-state index contributed by atoms with van der Waals surface area (Å²) >= 11 is 0. The fourth-order valence-corrected chi connectivity index (χ4v) is 2.03. The second-order valence-corrected chi connectivity index (χ2v) is 4.83. The van der Waals surface area contributed by atoms with E-state index in [-0.39, 0.29) is 14.6 Å². The van der Waals surface area contributed by atoms with Crippen LogP contribution in [0.3, 0.4) is 0 Å². The van der Waals surface area contributed by atoms with Gasteiger partial charge in [0.1, 0.15) is 11.8 Å². The Labute approximate surface area is 117 Å². The first-order chi connectivity index (χ1) is 9.76. The number of fused-ring (bicyclic) bond motifs is 1. The maximum atomic E-state index is 10.4. The zero-order chi connectivity index (χ0) is 14.4. The van der Waals surface area contributed by atoms with E-state index in [1.54, 1.807) is 13.4 Å². The Morgan fingerprint density at radius 1 is 1.45 bits per heavy atom. The van der Waals surface area contributed by atoms with Crippen LogP contribution in [0.5, 0.6) is 0 Å². The second-order valence-electron chi connectivity index (χ2n) is 4.13. The number of nitrogen functional groups attached to an aromatic ring is 1. The van der Waals surface area contributed by atoms with Gasteiger partial charge in [0, 0.05) is 7.11 Å². The van der Waals surface area contributed by atoms with Gasteiger partial charge < -0.3 is 19.8 Å². The van der Waals surface area contributed by atoms with Crippen molar-refractivity contribution in [3.63, 3.8) is 0 Å². The summed E-state index contributed by atoms with van der Waals surface area (Å²) in [5, 5.41) is 0. The van der Waals surface area contributed by atoms with Gasteiger partial charge in [-0.3, -0.25) is 4.57 Å². The van der Waals surface area contributed by atoms with E-state index in [4.69, 9.17) is 15.2 Å². The van der Waals surface area contributed by atoms with Crippen molar-refractivity contribution in [2.75, 3.05) is 32.2 Å². The summed E-state index contributed by atoms with van der Waals surface area (Å²) in [6.45, 7) is 1.36. The fraction of sp³-hybridized carbons (Fsp3) is 0.545. The van der Waals surface area contributed by atoms with Gasteiger partial charge in [-0.2, -0.15) is 0 Å². The maximum absolute atomic E-state index is 10.4. The van der Waals surface area contributed by atoms with Gasteiger partial charge in [0.15, 0.2) is 19.9 Å². The van der Waals surface area contributed by atoms with Gasteiger partial charge in [-0.05, 0) is 0 Å². The number of imidazole rings is 1. The Balaban J connectivity index is 2.11. The smallest absolute Gasteiger partial charge is 0.165 e. The number of nitrogens with two attached hydrogens (primary N) is 1. The third-order valence-corrected chi connectivity index (χ3v) is 3.08. The number of ether oxygens (including phenoxy) is 2. The molecule has 0 saturated carbocycles. The zero-order valence-electron chi connectivity index (χ0n) is 11.1. The van der Waals surface area contributed by atoms with Crippen LogP contribution in [0, 0.1) is 0 Å². The van der Waals surface area contributed by atoms with Crippen molar-refractivity contribution in [1.82, 2.24) is 19.5 Å². The molecule has 2 N–H and O–H groups in total. The third-order valence-electron chi connectivity index (χ3n) is 2.72. The summed E-state index contributed by atoms with van der Waals surface area (Å²) < 4.78 is 23.0. The molecule has 2 aromatic rings. The molecule has 0 amide bonds. The molecule has 2 aromatic heterocycles. The van der Waals surface area contributed by atoms with Gasteiger partial charge in [-0.1, -0.05) is 0 Å². The molecule has 2 heterocycles. The van der Waals surface area contributed by atoms with E-state index in [0.29, 0.717) is 42.9 Å². The van der Waals surface area contributed by atoms with E-state index in [2.05, 4.69) is 15.0 Å². The molecular weight excluding hydrogens is 281 g/mol. The van der Waals surface area contributed by atoms with Gasteiger partial charge in [0.25, 0.3) is 0 Å². The van der Waals surface area contributed by atoms with E-state index in [1.165, 1.54) is 6.33 Å². The van der Waals surface area contributed by atoms with Crippen LogP contribution in [0.4, 0.5) is 5.82 Å². The molecule has 0 aliphatic heterocycles. The average Bonchev–Trinajstić information content (AvgIpc) is 2.84. The molecule has 20 heavy (non-hydrogen) atoms. The summed E-state index contributed by atoms with van der Waals surface area (Å²) in [5.41, 5.74) is 6.97. The number of anilines is 1. The number of hydrogen-bond donors (Lipinski definition) is 1. The highest BCUT2D eigenvalue weighted by molar-refractivity contribution is 7.23. The molecule has 0 radical (unpaired) electrons. The molecule has 0 spiro atoms. The number of methoxy groups -OCH3 is 1. The minimum absolute atomic E-state index is 0.0731. The monoisotopic (exact) mass is 297 g/mol. The van der Waals surface area contributed by atoms with Gasteiger partial charge in [0.05, 0.1) is 38.4 Å². The maximum Gasteiger partial charge on any atom is 0.165 e. The normalized spacial score (nSPS) is 13.1. The van der Waals surface area contributed by atoms with Crippen molar-refractivity contribution in [2.45, 2.75) is 12.6 Å². The van der Waals surface area contributed by atoms with Gasteiger partial charge >= 0.3 is 0 Å². The summed E-state index contributed by atoms with van der Waals surface area (Å²) in [4.78, 5) is 12.3. The lowest BCUT2D eigenvalue weighted by Crippen LogP contribution is -2.26. The molecule has 8 nitrogen and oxygen atoms in total. The van der Waals surface area contributed by atoms with E-state index >= 15 is 0 Å². The number of hydrogen-bond acceptors (Lipinski definition) is 7. The highest BCUT2D eigenvalue weighted by Gasteiger charge is 2.14. The summed E-state index contributed by atoms with van der Waals surface area (Å²) in [7, 11) is 1.68. The number of nitrogens with zero attached hydrogens (tertiary/aromatic N) is 4. The van der Waals surface area contributed by atoms with Crippen LogP contribution in [0.25, 0.3) is 11.2 Å². The van der Waals surface area contributed by atoms with Crippen LogP contribution in [0.15, 0.2) is 12.7 Å². The Hall–Kier alpha value is -1.63. The van der Waals surface area contributed by atoms with Crippen LogP contribution < -0.4 is 5.73 Å². The van der Waals surface area contributed by atoms with Gasteiger partial charge in [-0.15, -0.1) is 0 Å². The molecule has 0 unspecified atom stereocenters. The van der Waals surface area contributed by atoms with Crippen LogP contribution in [0.1, 0.15) is 0 Å². The summed E-state index contributed by atoms with van der Waals surface area (Å²) in [6.07, 6.45) is 3.33. The topological polar surface area (TPSA) is 105 Å². The first kappa shape index (κ1) is 14.8. The molecule has 108 valence electrons. The Morgan fingerprint density at radius 2 is 2.30 bits per heavy atom. The Morgan fingerprint density at radius 3 is 3.05 bits per heavy atom. The van der Waals surface area contributed by atoms with Crippen molar-refractivity contribution >= 4 is 25.4 Å². The lowest BCUT2D eigenvalue weighted by molar-refractivity contribution is -0.00366. The molecule has 0 fully saturated rings. The summed E-state index contributed by atoms with van der Waals surface area (Å²) in [5.74, 6) is 0.350. The highest BCUT2D eigenvalue weighted by Crippen LogP contribution is 2.15. The SMILES string of the molecule is COC[C@H](Cn1cnc2c(N)ncnc21)OCCP=O. The molecule has 1 atom stereocenters. The first-order valence-electron chi connectivity index (χ1n) is 6.07. The lowest BCUT2D eigenvalue weighted by Gasteiger charge is -2.17. The molecular formula is C11H16N5O3P. The van der Waals surface area contributed by atoms with E-state index < -0.39 is 0 Å². The predicted molar refractivity (Wildman–Crippen MR) is 73.8 cm³/mol. The van der Waals surface area contributed by atoms with Crippen molar-refractivity contribution in [1.29, 1.82) is 0 Å². The van der Waals surface area contributed by atoms with E-state index in [1.807, 2.05) is 4.57 Å². The quantitative estimate of drug-likeness (QED) is 0.565. The molecule has 9 heteroatoms. The average molecular weight is 297 g/mol. The summed E-state index contributed by atoms with van der Waals surface area (Å²) in [6, 6.07) is 0. The van der Waals surface area contributed by atoms with Crippen LogP contribution in [0.2, 0.25) is 0 Å². The molecule has 0 aliphatic rings. The number of aromatic nitrogens is 4. The molecule has 0 aromatic carbocycles. The van der Waals surface area contributed by atoms with Crippen LogP contribution in [-0.4, -0.2) is 52.1 Å². The van der Waals surface area contributed by atoms with Crippen molar-refractivity contribution < 1.29 is 14.0 Å². The van der Waals surface area contributed by atoms with E-state index in [9.17, 15) is 4.57 Å². The minimum atomic E-state index is -0.171. The molecule has 0 saturated heterocycles. The largest absolute Gasteiger partial charge is 0.382 e. The fourth-order valence-electron chi connectivity index (χ4n) is 1.85. The zero-order valence-corrected chi connectivity index (χ0v) is 12.0. The molecule has 0 aliphatic carbocycles.